The zero-order valence-electron chi connectivity index (χ0n) is 67.3. The van der Waals surface area contributed by atoms with Gasteiger partial charge in [0.05, 0.1) is 33.2 Å². The van der Waals surface area contributed by atoms with Crippen LogP contribution in [0.25, 0.3) is 131 Å². The Bertz CT molecular complexity index is 7130. The third-order valence-corrected chi connectivity index (χ3v) is 31.8. The summed E-state index contributed by atoms with van der Waals surface area (Å²) in [5.74, 6) is -5.27. The second-order valence-corrected chi connectivity index (χ2v) is 36.0. The number of carbonyl (C=O) groups is 5. The normalized spacial score (nSPS) is 23.7. The van der Waals surface area contributed by atoms with Crippen molar-refractivity contribution in [1.29, 1.82) is 0 Å². The minimum absolute atomic E-state index is 0. The van der Waals surface area contributed by atoms with Crippen molar-refractivity contribution in [3.8, 4) is 55.6 Å². The summed E-state index contributed by atoms with van der Waals surface area (Å²) in [5, 5.41) is 69.8. The third kappa shape index (κ3) is 9.20. The first kappa shape index (κ1) is 74.7. The topological polar surface area (TPSA) is 186 Å². The molecule has 596 valence electrons. The maximum atomic E-state index is 12.5. The molecule has 0 heterocycles. The molecule has 10 nitrogen and oxygen atoms in total. The van der Waals surface area contributed by atoms with E-state index in [1.165, 1.54) is 169 Å². The van der Waals surface area contributed by atoms with Crippen LogP contribution in [-0.4, -0.2) is 55.4 Å². The molecule has 10 unspecified atom stereocenters. The Balaban J connectivity index is 0.00000106. The summed E-state index contributed by atoms with van der Waals surface area (Å²) in [7, 11) is 0. The number of aromatic carboxylic acids is 5. The van der Waals surface area contributed by atoms with Crippen LogP contribution < -0.4 is 0 Å². The van der Waals surface area contributed by atoms with Crippen molar-refractivity contribution in [3.63, 3.8) is 0 Å². The Hall–Kier alpha value is -13.3. The summed E-state index contributed by atoms with van der Waals surface area (Å²) in [5.41, 5.74) is 23.8. The van der Waals surface area contributed by atoms with Gasteiger partial charge in [-0.05, 0) is 319 Å². The summed E-state index contributed by atoms with van der Waals surface area (Å²) < 4.78 is 0. The zero-order chi connectivity index (χ0) is 80.2. The number of rotatable bonds is 15. The van der Waals surface area contributed by atoms with Crippen LogP contribution in [0.4, 0.5) is 0 Å². The van der Waals surface area contributed by atoms with Gasteiger partial charge in [-0.25, -0.2) is 24.0 Å². The van der Waals surface area contributed by atoms with Gasteiger partial charge >= 0.3 is 46.9 Å². The molecule has 9 aliphatic carbocycles. The minimum Gasteiger partial charge on any atom is -0.478 e. The number of carboxylic acids is 5. The number of hydrogen-bond acceptors (Lipinski definition) is 5. The minimum atomic E-state index is -0.974. The fraction of sp³-hybridized carbons (Fsp3) is 0.170. The number of fused-ring (bicyclic) bond motifs is 5. The summed E-state index contributed by atoms with van der Waals surface area (Å²) in [6.45, 7) is 0. The van der Waals surface area contributed by atoms with Crippen molar-refractivity contribution in [1.82, 2.24) is 0 Å². The summed E-state index contributed by atoms with van der Waals surface area (Å²) in [4.78, 5) is 62.0. The van der Waals surface area contributed by atoms with Gasteiger partial charge < -0.3 is 40.4 Å². The van der Waals surface area contributed by atoms with Crippen LogP contribution in [0.2, 0.25) is 0 Å². The van der Waals surface area contributed by atoms with E-state index in [0.717, 1.165) is 68.5 Å². The van der Waals surface area contributed by atoms with Crippen molar-refractivity contribution < 1.29 is 66.6 Å². The molecule has 5 N–H and O–H groups in total. The Labute approximate surface area is 720 Å². The summed E-state index contributed by atoms with van der Waals surface area (Å²) in [6.07, 6.45) is 9.16. The van der Waals surface area contributed by atoms with Crippen molar-refractivity contribution in [2.24, 2.45) is 29.6 Å². The molecule has 4 fully saturated rings. The van der Waals surface area contributed by atoms with E-state index in [1.807, 2.05) is 60.7 Å². The predicted octanol–water partition coefficient (Wildman–Crippen LogP) is 26.1. The van der Waals surface area contributed by atoms with E-state index in [0.29, 0.717) is 0 Å². The standard InChI is InChI=1S/C105H64O10.C5H10.2CH3.Fe/c106-98(107)61-19-5-51(6-20-61)49-1-15-59(16-2-49)75-47-77-73-45-43-71-69-41-42-70-72-44-46-74-78-48-76(60-17-3-50(4-18-60)52-7-21-62(22-8-52)99(108)109)86-85(75)93-97-94(86)104(78,67-37-31-57(32-38-67)54-11-25-64(26-12-54)101(112)113)92-84(74)82(72)88-80(70)79(69)87-81(71)83(73)91(103(77,93)66-35-29-56(30-36-66)53-9-23-63(24-10-53)100(110)111)95-89(87)90(88)96(92)105(95,97)68-39-33-58(34-40-68)55-13-27-65(28-14-55)102(114)115;1-2-4-5-3-1;;;/h1-46,75-78,85-86,93-94,97H,47-48H2,(H,106,107)(H,108,109)(H,110,111)(H,112,113)(H,114,115);1-5H2;2*1H3;/q;;2*-1;+2. The SMILES string of the molecule is C1CCCC1.O=C(O)c1ccc(-c2ccc(C3CC4c5ccc6c7ccc8c9ccc%10c%11c%12c%13c%14c%15c%16c(c5c6c%15c7c8c%14c%119)C4(c4ccc(-c5ccc(C(=O)O)cc5)cc4)C4C3C3C(c5ccc(-c6ccc(C(=O)O)cc6)cc5)CC%10C%12(c5ccc(-c6ccc(C(=O)O)cc6)cc5)C3C4C%16%13c3ccc(-c4ccc(C(=O)O)cc4)cc3)cc2)cc1.[CH3-].[CH3-].[Fe+2]. The van der Waals surface area contributed by atoms with Crippen LogP contribution in [0.5, 0.6) is 0 Å². The molecular formula is C112H80FeO10. The van der Waals surface area contributed by atoms with E-state index >= 15 is 0 Å². The third-order valence-electron chi connectivity index (χ3n) is 31.8. The van der Waals surface area contributed by atoms with Crippen LogP contribution in [0.3, 0.4) is 0 Å². The van der Waals surface area contributed by atoms with E-state index in [2.05, 4.69) is 158 Å². The molecule has 18 aromatic carbocycles. The van der Waals surface area contributed by atoms with E-state index < -0.39 is 46.1 Å². The van der Waals surface area contributed by atoms with Gasteiger partial charge in [-0.3, -0.25) is 0 Å². The van der Waals surface area contributed by atoms with Gasteiger partial charge in [0, 0.05) is 10.8 Å². The Morgan fingerprint density at radius 3 is 0.748 bits per heavy atom. The molecule has 0 saturated heterocycles. The maximum Gasteiger partial charge on any atom is 2.00 e. The number of hydrogen-bond donors (Lipinski definition) is 5. The van der Waals surface area contributed by atoms with Crippen molar-refractivity contribution >= 4 is 105 Å². The molecule has 9 aliphatic rings. The van der Waals surface area contributed by atoms with E-state index in [-0.39, 0.29) is 113 Å². The van der Waals surface area contributed by atoms with Crippen LogP contribution in [-0.2, 0) is 33.3 Å². The molecule has 0 spiro atoms. The smallest absolute Gasteiger partial charge is 0.478 e. The summed E-state index contributed by atoms with van der Waals surface area (Å²) in [6, 6.07) is 98.9. The fourth-order valence-electron chi connectivity index (χ4n) is 27.8. The molecule has 0 amide bonds. The molecule has 10 atom stereocenters. The molecule has 0 bridgehead atoms. The molecule has 4 saturated carbocycles. The summed E-state index contributed by atoms with van der Waals surface area (Å²) >= 11 is 0. The van der Waals surface area contributed by atoms with Gasteiger partial charge in [0.2, 0.25) is 0 Å². The average molecular weight is 1640 g/mol. The molecule has 18 aromatic rings. The van der Waals surface area contributed by atoms with Gasteiger partial charge in [-0.15, -0.1) is 0 Å². The fourth-order valence-corrected chi connectivity index (χ4v) is 27.8. The first-order valence-electron chi connectivity index (χ1n) is 42.4. The van der Waals surface area contributed by atoms with Crippen molar-refractivity contribution in [2.75, 3.05) is 0 Å². The van der Waals surface area contributed by atoms with Crippen LogP contribution in [0, 0.1) is 44.4 Å². The molecular weight excluding hydrogens is 1560 g/mol. The molecule has 0 radical (unpaired) electrons. The zero-order valence-corrected chi connectivity index (χ0v) is 68.4. The molecule has 123 heavy (non-hydrogen) atoms. The Morgan fingerprint density at radius 2 is 0.480 bits per heavy atom. The van der Waals surface area contributed by atoms with E-state index in [4.69, 9.17) is 0 Å². The first-order chi connectivity index (χ1) is 58.7. The van der Waals surface area contributed by atoms with E-state index in [1.54, 1.807) is 60.7 Å². The largest absolute Gasteiger partial charge is 2.00 e. The second-order valence-electron chi connectivity index (χ2n) is 36.0. The van der Waals surface area contributed by atoms with Crippen molar-refractivity contribution in [3.05, 3.63) is 383 Å². The average Bonchev–Trinajstić information content (AvgIpc) is 1.41. The van der Waals surface area contributed by atoms with Crippen LogP contribution in [0.15, 0.2) is 279 Å². The molecule has 11 heteroatoms. The monoisotopic (exact) mass is 1640 g/mol. The van der Waals surface area contributed by atoms with E-state index in [9.17, 15) is 49.5 Å². The number of carboxylic acid groups (broad SMARTS) is 5. The Morgan fingerprint density at radius 1 is 0.244 bits per heavy atom. The molecule has 27 rings (SSSR count). The Kier molecular flexibility index (Phi) is 15.9. The molecule has 0 aliphatic heterocycles. The predicted molar refractivity (Wildman–Crippen MR) is 483 cm³/mol. The van der Waals surface area contributed by atoms with Crippen LogP contribution in [0.1, 0.15) is 182 Å². The first-order valence-corrected chi connectivity index (χ1v) is 42.4. The quantitative estimate of drug-likeness (QED) is 0.0376. The maximum absolute atomic E-state index is 12.5. The van der Waals surface area contributed by atoms with Crippen LogP contribution >= 0.6 is 0 Å². The molecule has 0 aromatic heterocycles. The van der Waals surface area contributed by atoms with Gasteiger partial charge in [-0.1, -0.05) is 250 Å². The van der Waals surface area contributed by atoms with Gasteiger partial charge in [-0.2, -0.15) is 0 Å². The van der Waals surface area contributed by atoms with Gasteiger partial charge in [0.15, 0.2) is 0 Å². The van der Waals surface area contributed by atoms with Gasteiger partial charge in [0.25, 0.3) is 0 Å². The number of benzene rings is 16. The second kappa shape index (κ2) is 26.1. The van der Waals surface area contributed by atoms with Gasteiger partial charge in [0.1, 0.15) is 0 Å². The van der Waals surface area contributed by atoms with Crippen molar-refractivity contribution in [2.45, 2.75) is 84.9 Å².